The first-order chi connectivity index (χ1) is 16.0. The van der Waals surface area contributed by atoms with Crippen LogP contribution in [0.25, 0.3) is 16.0 Å². The van der Waals surface area contributed by atoms with Crippen LogP contribution in [0.2, 0.25) is 0 Å². The van der Waals surface area contributed by atoms with Gasteiger partial charge in [-0.15, -0.1) is 11.3 Å². The largest absolute Gasteiger partial charge is 0.484 e. The van der Waals surface area contributed by atoms with Crippen LogP contribution in [0.3, 0.4) is 0 Å². The molecule has 0 radical (unpaired) electrons. The van der Waals surface area contributed by atoms with Crippen LogP contribution in [0.15, 0.2) is 54.9 Å². The van der Waals surface area contributed by atoms with E-state index in [9.17, 15) is 26.7 Å². The number of nitrogens with zero attached hydrogens (tertiary/aromatic N) is 2. The van der Waals surface area contributed by atoms with E-state index in [-0.39, 0.29) is 21.9 Å². The van der Waals surface area contributed by atoms with Crippen LogP contribution < -0.4 is 10.5 Å². The van der Waals surface area contributed by atoms with Crippen LogP contribution in [0.4, 0.5) is 13.2 Å². The number of hydrogen-bond donors (Lipinski definition) is 2. The van der Waals surface area contributed by atoms with E-state index in [1.807, 2.05) is 0 Å². The Morgan fingerprint density at radius 3 is 2.68 bits per heavy atom. The highest BCUT2D eigenvalue weighted by Gasteiger charge is 2.35. The van der Waals surface area contributed by atoms with Crippen molar-refractivity contribution in [3.63, 3.8) is 0 Å². The van der Waals surface area contributed by atoms with Gasteiger partial charge in [0, 0.05) is 11.6 Å². The standard InChI is InChI=1S/C22H18F3N3O4S2/c1-12(14-4-2-3-5-15(14)22(23,24)25)32-18-9-19(33-20(18)21(26)29)28-11-27-16-7-6-13(8-17(16)28)10-34(30)31/h2-9,11-12H,10H2,1H3,(H2,26,29)(H,30,31)/t12-/m1/s1. The number of hydrogen-bond acceptors (Lipinski definition) is 5. The molecule has 1 unspecified atom stereocenters. The van der Waals surface area contributed by atoms with Crippen molar-refractivity contribution in [1.29, 1.82) is 0 Å². The smallest absolute Gasteiger partial charge is 0.416 e. The summed E-state index contributed by atoms with van der Waals surface area (Å²) < 4.78 is 68.1. The summed E-state index contributed by atoms with van der Waals surface area (Å²) in [5.74, 6) is -0.808. The van der Waals surface area contributed by atoms with Gasteiger partial charge in [0.15, 0.2) is 11.1 Å². The van der Waals surface area contributed by atoms with Crippen LogP contribution in [0.1, 0.15) is 39.4 Å². The van der Waals surface area contributed by atoms with Gasteiger partial charge in [0.2, 0.25) is 0 Å². The van der Waals surface area contributed by atoms with Crippen molar-refractivity contribution in [2.75, 3.05) is 0 Å². The molecule has 12 heteroatoms. The molecule has 0 aliphatic rings. The van der Waals surface area contributed by atoms with Gasteiger partial charge in [-0.25, -0.2) is 9.19 Å². The Labute approximate surface area is 198 Å². The number of ether oxygens (including phenoxy) is 1. The zero-order chi connectivity index (χ0) is 24.6. The number of benzene rings is 2. The van der Waals surface area contributed by atoms with Crippen LogP contribution >= 0.6 is 11.3 Å². The van der Waals surface area contributed by atoms with E-state index in [2.05, 4.69) is 4.98 Å². The number of amides is 1. The van der Waals surface area contributed by atoms with Crippen molar-refractivity contribution in [3.8, 4) is 10.8 Å². The maximum absolute atomic E-state index is 13.4. The molecule has 2 aromatic heterocycles. The number of alkyl halides is 3. The van der Waals surface area contributed by atoms with Crippen molar-refractivity contribution in [2.45, 2.75) is 25.0 Å². The number of fused-ring (bicyclic) bond motifs is 1. The fourth-order valence-electron chi connectivity index (χ4n) is 3.56. The quantitative estimate of drug-likeness (QED) is 0.339. The minimum atomic E-state index is -4.56. The number of rotatable bonds is 7. The highest BCUT2D eigenvalue weighted by molar-refractivity contribution is 7.78. The van der Waals surface area contributed by atoms with Crippen molar-refractivity contribution >= 4 is 39.4 Å². The summed E-state index contributed by atoms with van der Waals surface area (Å²) >= 11 is -1.03. The monoisotopic (exact) mass is 509 g/mol. The molecule has 7 nitrogen and oxygen atoms in total. The molecule has 0 saturated heterocycles. The van der Waals surface area contributed by atoms with Gasteiger partial charge in [-0.2, -0.15) is 13.2 Å². The van der Waals surface area contributed by atoms with Crippen LogP contribution in [0.5, 0.6) is 5.75 Å². The second-order valence-corrected chi connectivity index (χ2v) is 9.35. The normalized spacial score (nSPS) is 13.7. The predicted octanol–water partition coefficient (Wildman–Crippen LogP) is 5.07. The molecule has 1 amide bonds. The van der Waals surface area contributed by atoms with Crippen LogP contribution in [-0.2, 0) is 23.0 Å². The maximum Gasteiger partial charge on any atom is 0.416 e. The lowest BCUT2D eigenvalue weighted by Gasteiger charge is -2.19. The van der Waals surface area contributed by atoms with Gasteiger partial charge in [0.1, 0.15) is 28.1 Å². The van der Waals surface area contributed by atoms with Crippen molar-refractivity contribution in [3.05, 3.63) is 76.4 Å². The molecule has 0 aliphatic heterocycles. The SMILES string of the molecule is C[C@@H](Oc1cc(-n2cnc3ccc(CS(=O)O)cc32)sc1C(N)=O)c1ccccc1C(F)(F)F. The maximum atomic E-state index is 13.4. The molecule has 2 aromatic carbocycles. The van der Waals surface area contributed by atoms with Crippen molar-refractivity contribution in [2.24, 2.45) is 5.73 Å². The Morgan fingerprint density at radius 2 is 2.00 bits per heavy atom. The fourth-order valence-corrected chi connectivity index (χ4v) is 4.96. The third kappa shape index (κ3) is 4.83. The average Bonchev–Trinajstić information content (AvgIpc) is 3.36. The van der Waals surface area contributed by atoms with Gasteiger partial charge >= 0.3 is 6.18 Å². The van der Waals surface area contributed by atoms with Crippen LogP contribution in [-0.4, -0.2) is 24.2 Å². The highest BCUT2D eigenvalue weighted by Crippen LogP contribution is 2.39. The molecule has 0 spiro atoms. The number of aromatic nitrogens is 2. The molecule has 4 rings (SSSR count). The molecular weight excluding hydrogens is 491 g/mol. The summed E-state index contributed by atoms with van der Waals surface area (Å²) in [7, 11) is 0. The van der Waals surface area contributed by atoms with E-state index < -0.39 is 34.8 Å². The molecule has 178 valence electrons. The molecule has 3 N–H and O–H groups in total. The Hall–Kier alpha value is -3.22. The molecule has 4 aromatic rings. The Balaban J connectivity index is 1.73. The van der Waals surface area contributed by atoms with Gasteiger partial charge in [0.05, 0.1) is 22.3 Å². The number of nitrogens with two attached hydrogens (primary N) is 1. The fraction of sp³-hybridized carbons (Fsp3) is 0.182. The number of primary amides is 1. The molecule has 0 bridgehead atoms. The third-order valence-corrected chi connectivity index (χ3v) is 6.77. The summed E-state index contributed by atoms with van der Waals surface area (Å²) in [6.45, 7) is 1.46. The van der Waals surface area contributed by atoms with Gasteiger partial charge in [-0.05, 0) is 30.7 Å². The van der Waals surface area contributed by atoms with Crippen LogP contribution in [0, 0.1) is 0 Å². The number of thiophene rings is 1. The Kier molecular flexibility index (Phi) is 6.47. The molecule has 0 saturated carbocycles. The third-order valence-electron chi connectivity index (χ3n) is 5.06. The van der Waals surface area contributed by atoms with Gasteiger partial charge in [-0.3, -0.25) is 9.36 Å². The van der Waals surface area contributed by atoms with Gasteiger partial charge in [-0.1, -0.05) is 24.3 Å². The lowest BCUT2D eigenvalue weighted by atomic mass is 10.0. The van der Waals surface area contributed by atoms with E-state index in [1.54, 1.807) is 22.8 Å². The van der Waals surface area contributed by atoms with E-state index in [1.165, 1.54) is 37.5 Å². The molecule has 2 heterocycles. The highest BCUT2D eigenvalue weighted by atomic mass is 32.2. The van der Waals surface area contributed by atoms with E-state index >= 15 is 0 Å². The Bertz CT molecular complexity index is 1400. The first-order valence-corrected chi connectivity index (χ1v) is 11.9. The number of carbonyl (C=O) groups excluding carboxylic acids is 1. The van der Waals surface area contributed by atoms with E-state index in [0.29, 0.717) is 21.6 Å². The molecule has 0 fully saturated rings. The van der Waals surface area contributed by atoms with E-state index in [0.717, 1.165) is 17.4 Å². The molecule has 34 heavy (non-hydrogen) atoms. The zero-order valence-corrected chi connectivity index (χ0v) is 19.2. The summed E-state index contributed by atoms with van der Waals surface area (Å²) in [6.07, 6.45) is -4.08. The second-order valence-electron chi connectivity index (χ2n) is 7.39. The minimum absolute atomic E-state index is 0.0424. The van der Waals surface area contributed by atoms with Crippen molar-refractivity contribution in [1.82, 2.24) is 9.55 Å². The summed E-state index contributed by atoms with van der Waals surface area (Å²) in [5, 5.41) is 0.491. The van der Waals surface area contributed by atoms with E-state index in [4.69, 9.17) is 10.5 Å². The zero-order valence-electron chi connectivity index (χ0n) is 17.6. The average molecular weight is 510 g/mol. The van der Waals surface area contributed by atoms with Gasteiger partial charge < -0.3 is 15.0 Å². The lowest BCUT2D eigenvalue weighted by molar-refractivity contribution is -0.139. The summed E-state index contributed by atoms with van der Waals surface area (Å²) in [4.78, 5) is 16.4. The number of imidazole rings is 1. The summed E-state index contributed by atoms with van der Waals surface area (Å²) in [6, 6.07) is 11.7. The molecule has 0 aliphatic carbocycles. The molecular formula is C22H18F3N3O4S2. The molecule has 2 atom stereocenters. The first kappa shape index (κ1) is 23.9. The number of halogens is 3. The minimum Gasteiger partial charge on any atom is -0.484 e. The second kappa shape index (κ2) is 9.20. The van der Waals surface area contributed by atoms with Crippen molar-refractivity contribution < 1.29 is 31.5 Å². The lowest BCUT2D eigenvalue weighted by Crippen LogP contribution is -2.15. The van der Waals surface area contributed by atoms with Gasteiger partial charge in [0.25, 0.3) is 5.91 Å². The topological polar surface area (TPSA) is 107 Å². The summed E-state index contributed by atoms with van der Waals surface area (Å²) in [5.41, 5.74) is 6.44. The first-order valence-electron chi connectivity index (χ1n) is 9.85. The number of carbonyl (C=O) groups is 1. The Morgan fingerprint density at radius 1 is 1.26 bits per heavy atom. The predicted molar refractivity (Wildman–Crippen MR) is 122 cm³/mol.